The number of hydrogen-bond acceptors (Lipinski definition) is 6. The average Bonchev–Trinajstić information content (AvgIpc) is 3.09. The second-order valence-electron chi connectivity index (χ2n) is 10.6. The van der Waals surface area contributed by atoms with Gasteiger partial charge in [0, 0.05) is 17.7 Å². The van der Waals surface area contributed by atoms with E-state index in [1.54, 1.807) is 31.2 Å². The van der Waals surface area contributed by atoms with Crippen molar-refractivity contribution in [1.29, 1.82) is 0 Å². The minimum Gasteiger partial charge on any atom is -0.461 e. The van der Waals surface area contributed by atoms with Crippen molar-refractivity contribution >= 4 is 17.6 Å². The Kier molecular flexibility index (Phi) is 8.41. The molecule has 0 aromatic heterocycles. The molecule has 8 heteroatoms. The SMILES string of the molecule is C=C\C(=C/C=C(N)/C=C/[C@H]1[C@@H]2CC[C@@H](NC(=O)OCC)C[C@H]2C[C@@]2(N)C(=O)O[C@H](C)[C@@H]12)c1cccc(F)c1. The molecule has 1 aliphatic heterocycles. The summed E-state index contributed by atoms with van der Waals surface area (Å²) in [5.74, 6) is -0.425. The van der Waals surface area contributed by atoms with Gasteiger partial charge in [-0.2, -0.15) is 0 Å². The molecule has 2 saturated carbocycles. The Balaban J connectivity index is 1.56. The third-order valence-corrected chi connectivity index (χ3v) is 8.27. The quantitative estimate of drug-likeness (QED) is 0.355. The van der Waals surface area contributed by atoms with E-state index in [1.165, 1.54) is 12.1 Å². The lowest BCUT2D eigenvalue weighted by Gasteiger charge is -2.50. The molecule has 5 N–H and O–H groups in total. The van der Waals surface area contributed by atoms with Crippen molar-refractivity contribution in [2.45, 2.75) is 57.2 Å². The zero-order valence-corrected chi connectivity index (χ0v) is 22.1. The fourth-order valence-electron chi connectivity index (χ4n) is 6.66. The van der Waals surface area contributed by atoms with E-state index in [0.717, 1.165) is 24.8 Å². The van der Waals surface area contributed by atoms with Gasteiger partial charge in [0.2, 0.25) is 0 Å². The first-order valence-corrected chi connectivity index (χ1v) is 13.3. The van der Waals surface area contributed by atoms with E-state index in [2.05, 4.69) is 18.0 Å². The van der Waals surface area contributed by atoms with E-state index in [1.807, 2.05) is 19.1 Å². The highest BCUT2D eigenvalue weighted by Crippen LogP contribution is 2.54. The zero-order chi connectivity index (χ0) is 27.4. The van der Waals surface area contributed by atoms with E-state index in [9.17, 15) is 14.0 Å². The summed E-state index contributed by atoms with van der Waals surface area (Å²) < 4.78 is 24.4. The number of carbonyl (C=O) groups is 2. The smallest absolute Gasteiger partial charge is 0.407 e. The van der Waals surface area contributed by atoms with Crippen LogP contribution in [0.1, 0.15) is 45.1 Å². The molecule has 1 aromatic carbocycles. The number of carbonyl (C=O) groups excluding carboxylic acids is 2. The Labute approximate surface area is 223 Å². The molecule has 7 atom stereocenters. The van der Waals surface area contributed by atoms with Crippen LogP contribution in [0.2, 0.25) is 0 Å². The predicted molar refractivity (Wildman–Crippen MR) is 145 cm³/mol. The molecule has 0 unspecified atom stereocenters. The summed E-state index contributed by atoms with van der Waals surface area (Å²) in [6.45, 7) is 7.82. The molecule has 7 nitrogen and oxygen atoms in total. The second-order valence-corrected chi connectivity index (χ2v) is 10.6. The van der Waals surface area contributed by atoms with Gasteiger partial charge in [-0.3, -0.25) is 4.79 Å². The van der Waals surface area contributed by atoms with E-state index in [-0.39, 0.29) is 47.6 Å². The van der Waals surface area contributed by atoms with Crippen LogP contribution in [0.5, 0.6) is 0 Å². The van der Waals surface area contributed by atoms with Gasteiger partial charge < -0.3 is 26.3 Å². The summed E-state index contributed by atoms with van der Waals surface area (Å²) in [4.78, 5) is 24.9. The van der Waals surface area contributed by atoms with Crippen LogP contribution in [0.3, 0.4) is 0 Å². The third-order valence-electron chi connectivity index (χ3n) is 8.27. The number of halogens is 1. The van der Waals surface area contributed by atoms with Gasteiger partial charge in [-0.1, -0.05) is 36.9 Å². The number of ether oxygens (including phenoxy) is 2. The third kappa shape index (κ3) is 5.70. The van der Waals surface area contributed by atoms with Crippen LogP contribution in [0, 0.1) is 29.5 Å². The molecular weight excluding hydrogens is 485 g/mol. The van der Waals surface area contributed by atoms with Gasteiger partial charge in [-0.05, 0) is 92.7 Å². The number of nitrogens with one attached hydrogen (secondary N) is 1. The largest absolute Gasteiger partial charge is 0.461 e. The molecule has 0 spiro atoms. The number of hydrogen-bond donors (Lipinski definition) is 3. The van der Waals surface area contributed by atoms with Crippen molar-refractivity contribution in [1.82, 2.24) is 5.32 Å². The van der Waals surface area contributed by atoms with Crippen molar-refractivity contribution in [2.75, 3.05) is 6.61 Å². The highest BCUT2D eigenvalue weighted by atomic mass is 19.1. The summed E-state index contributed by atoms with van der Waals surface area (Å²) in [6, 6.07) is 6.28. The molecule has 3 aliphatic rings. The summed E-state index contributed by atoms with van der Waals surface area (Å²) in [6.07, 6.45) is 11.4. The molecule has 3 fully saturated rings. The molecule has 1 aromatic rings. The Morgan fingerprint density at radius 1 is 1.34 bits per heavy atom. The Morgan fingerprint density at radius 3 is 2.84 bits per heavy atom. The molecular formula is C30H38FN3O4. The summed E-state index contributed by atoms with van der Waals surface area (Å²) in [7, 11) is 0. The van der Waals surface area contributed by atoms with E-state index < -0.39 is 11.6 Å². The zero-order valence-electron chi connectivity index (χ0n) is 22.1. The summed E-state index contributed by atoms with van der Waals surface area (Å²) in [5, 5.41) is 2.96. The summed E-state index contributed by atoms with van der Waals surface area (Å²) in [5.41, 5.74) is 14.0. The predicted octanol–water partition coefficient (Wildman–Crippen LogP) is 4.60. The first-order valence-electron chi connectivity index (χ1n) is 13.3. The first-order chi connectivity index (χ1) is 18.2. The topological polar surface area (TPSA) is 117 Å². The van der Waals surface area contributed by atoms with Gasteiger partial charge in [0.1, 0.15) is 17.5 Å². The van der Waals surface area contributed by atoms with E-state index in [4.69, 9.17) is 20.9 Å². The van der Waals surface area contributed by atoms with Gasteiger partial charge in [0.15, 0.2) is 0 Å². The van der Waals surface area contributed by atoms with Crippen LogP contribution < -0.4 is 16.8 Å². The Morgan fingerprint density at radius 2 is 2.13 bits per heavy atom. The maximum atomic E-state index is 13.7. The van der Waals surface area contributed by atoms with Gasteiger partial charge in [-0.15, -0.1) is 0 Å². The molecule has 0 radical (unpaired) electrons. The number of amides is 1. The summed E-state index contributed by atoms with van der Waals surface area (Å²) >= 11 is 0. The first kappa shape index (κ1) is 27.6. The molecule has 1 amide bonds. The highest BCUT2D eigenvalue weighted by molar-refractivity contribution is 5.84. The molecule has 38 heavy (non-hydrogen) atoms. The van der Waals surface area contributed by atoms with Crippen LogP contribution in [-0.4, -0.2) is 36.4 Å². The number of fused-ring (bicyclic) bond motifs is 2. The van der Waals surface area contributed by atoms with Crippen LogP contribution >= 0.6 is 0 Å². The molecule has 1 heterocycles. The Bertz CT molecular complexity index is 1160. The average molecular weight is 524 g/mol. The van der Waals surface area contributed by atoms with Gasteiger partial charge in [0.25, 0.3) is 0 Å². The minimum atomic E-state index is -1.08. The van der Waals surface area contributed by atoms with E-state index >= 15 is 0 Å². The van der Waals surface area contributed by atoms with Crippen LogP contribution in [0.15, 0.2) is 66.9 Å². The fraction of sp³-hybridized carbons (Fsp3) is 0.467. The number of cyclic esters (lactones) is 1. The van der Waals surface area contributed by atoms with Crippen molar-refractivity contribution < 1.29 is 23.5 Å². The lowest BCUT2D eigenvalue weighted by atomic mass is 9.54. The molecule has 204 valence electrons. The number of rotatable bonds is 7. The maximum Gasteiger partial charge on any atom is 0.407 e. The molecule has 4 rings (SSSR count). The van der Waals surface area contributed by atoms with Crippen molar-refractivity contribution in [3.63, 3.8) is 0 Å². The number of esters is 1. The molecule has 2 aliphatic carbocycles. The second kappa shape index (κ2) is 11.6. The number of allylic oxidation sites excluding steroid dienone is 6. The van der Waals surface area contributed by atoms with Gasteiger partial charge in [-0.25, -0.2) is 9.18 Å². The molecule has 0 bridgehead atoms. The lowest BCUT2D eigenvalue weighted by Crippen LogP contribution is -2.61. The normalized spacial score (nSPS) is 33.3. The van der Waals surface area contributed by atoms with Gasteiger partial charge in [0.05, 0.1) is 6.61 Å². The number of alkyl carbamates (subject to hydrolysis) is 1. The van der Waals surface area contributed by atoms with Crippen molar-refractivity contribution in [3.05, 3.63) is 78.3 Å². The number of benzene rings is 1. The van der Waals surface area contributed by atoms with Crippen LogP contribution in [-0.2, 0) is 14.3 Å². The molecule has 1 saturated heterocycles. The fourth-order valence-corrected chi connectivity index (χ4v) is 6.66. The van der Waals surface area contributed by atoms with E-state index in [0.29, 0.717) is 24.3 Å². The van der Waals surface area contributed by atoms with Crippen LogP contribution in [0.4, 0.5) is 9.18 Å². The van der Waals surface area contributed by atoms with Crippen molar-refractivity contribution in [3.8, 4) is 0 Å². The standard InChI is InChI=1S/C30H38FN3O4/c1-4-19(20-7-6-8-22(31)15-20)9-10-23(32)11-13-26-25-14-12-24(34-29(36)37-5-2)16-21(25)17-30(33)27(26)18(3)38-28(30)35/h4,6-11,13,15,18,21,24-27H,1,5,12,14,16-17,32-33H2,2-3H3,(H,34,36)/b13-11+,19-9+,23-10-/t18-,21+,24-,25-,26+,27+,30+/m1/s1. The lowest BCUT2D eigenvalue weighted by molar-refractivity contribution is -0.145. The maximum absolute atomic E-state index is 13.7. The highest BCUT2D eigenvalue weighted by Gasteiger charge is 2.62. The minimum absolute atomic E-state index is 0.0123. The Hall–Kier alpha value is -3.39. The van der Waals surface area contributed by atoms with Crippen LogP contribution in [0.25, 0.3) is 5.57 Å². The van der Waals surface area contributed by atoms with Gasteiger partial charge >= 0.3 is 12.1 Å². The number of nitrogens with two attached hydrogens (primary N) is 2. The monoisotopic (exact) mass is 523 g/mol. The van der Waals surface area contributed by atoms with Crippen molar-refractivity contribution in [2.24, 2.45) is 35.1 Å².